The van der Waals surface area contributed by atoms with Crippen molar-refractivity contribution in [1.29, 1.82) is 0 Å². The van der Waals surface area contributed by atoms with Crippen LogP contribution in [-0.2, 0) is 13.0 Å². The molecule has 4 rings (SSSR count). The Morgan fingerprint density at radius 1 is 1.00 bits per heavy atom. The number of hydrogen-bond donors (Lipinski definition) is 0. The molecule has 0 atom stereocenters. The van der Waals surface area contributed by atoms with Crippen molar-refractivity contribution < 1.29 is 4.42 Å². The first-order valence-electron chi connectivity index (χ1n) is 7.72. The molecule has 0 fully saturated rings. The van der Waals surface area contributed by atoms with Crippen LogP contribution in [0.2, 0.25) is 0 Å². The molecular formula is C19H16N2O2. The summed E-state index contributed by atoms with van der Waals surface area (Å²) in [7, 11) is 0. The van der Waals surface area contributed by atoms with E-state index < -0.39 is 0 Å². The van der Waals surface area contributed by atoms with Gasteiger partial charge in [-0.1, -0.05) is 55.5 Å². The summed E-state index contributed by atoms with van der Waals surface area (Å²) in [5, 5.41) is 6.06. The van der Waals surface area contributed by atoms with Crippen molar-refractivity contribution in [1.82, 2.24) is 9.78 Å². The number of fused-ring (bicyclic) bond motifs is 3. The van der Waals surface area contributed by atoms with Crippen LogP contribution >= 0.6 is 0 Å². The van der Waals surface area contributed by atoms with Gasteiger partial charge in [-0.05, 0) is 17.5 Å². The van der Waals surface area contributed by atoms with Crippen LogP contribution in [0, 0.1) is 0 Å². The number of aromatic nitrogens is 2. The first-order chi connectivity index (χ1) is 11.3. The fourth-order valence-corrected chi connectivity index (χ4v) is 2.93. The van der Waals surface area contributed by atoms with Gasteiger partial charge in [-0.2, -0.15) is 5.10 Å². The Morgan fingerprint density at radius 2 is 1.83 bits per heavy atom. The molecule has 0 spiro atoms. The van der Waals surface area contributed by atoms with E-state index in [9.17, 15) is 4.79 Å². The minimum atomic E-state index is -0.190. The standard InChI is InChI=1S/C19H16N2O2/c1-2-14-9-6-10-15-16-11-20-21(12-13-7-4-3-5-8-13)19(22)18(16)23-17(14)15/h3-11H,2,12H2,1H3. The molecule has 0 bridgehead atoms. The number of benzene rings is 2. The second-order valence-corrected chi connectivity index (χ2v) is 5.59. The lowest BCUT2D eigenvalue weighted by Crippen LogP contribution is -2.22. The van der Waals surface area contributed by atoms with Gasteiger partial charge in [0.25, 0.3) is 0 Å². The average molecular weight is 304 g/mol. The summed E-state index contributed by atoms with van der Waals surface area (Å²) < 4.78 is 7.36. The minimum absolute atomic E-state index is 0.190. The molecule has 0 aliphatic rings. The van der Waals surface area contributed by atoms with Crippen LogP contribution in [0.25, 0.3) is 21.9 Å². The summed E-state index contributed by atoms with van der Waals surface area (Å²) in [5.41, 5.74) is 3.12. The zero-order valence-corrected chi connectivity index (χ0v) is 12.8. The predicted molar refractivity (Wildman–Crippen MR) is 90.7 cm³/mol. The molecule has 0 radical (unpaired) electrons. The monoisotopic (exact) mass is 304 g/mol. The van der Waals surface area contributed by atoms with E-state index in [1.807, 2.05) is 48.5 Å². The minimum Gasteiger partial charge on any atom is -0.450 e. The van der Waals surface area contributed by atoms with Gasteiger partial charge in [0.2, 0.25) is 5.58 Å². The smallest absolute Gasteiger partial charge is 0.310 e. The van der Waals surface area contributed by atoms with Gasteiger partial charge in [-0.15, -0.1) is 0 Å². The van der Waals surface area contributed by atoms with Crippen molar-refractivity contribution in [3.63, 3.8) is 0 Å². The van der Waals surface area contributed by atoms with Gasteiger partial charge in [0, 0.05) is 5.39 Å². The van der Waals surface area contributed by atoms with E-state index >= 15 is 0 Å². The van der Waals surface area contributed by atoms with E-state index in [0.717, 1.165) is 33.9 Å². The maximum atomic E-state index is 12.7. The van der Waals surface area contributed by atoms with Gasteiger partial charge < -0.3 is 4.42 Å². The molecule has 114 valence electrons. The molecular weight excluding hydrogens is 288 g/mol. The van der Waals surface area contributed by atoms with Crippen molar-refractivity contribution >= 4 is 21.9 Å². The van der Waals surface area contributed by atoms with Gasteiger partial charge in [0.05, 0.1) is 18.1 Å². The van der Waals surface area contributed by atoms with Gasteiger partial charge in [0.15, 0.2) is 0 Å². The van der Waals surface area contributed by atoms with Crippen LogP contribution in [0.4, 0.5) is 0 Å². The SMILES string of the molecule is CCc1cccc2c1oc1c(=O)n(Cc3ccccc3)ncc12. The molecule has 4 nitrogen and oxygen atoms in total. The third-order valence-electron chi connectivity index (χ3n) is 4.15. The lowest BCUT2D eigenvalue weighted by atomic mass is 10.1. The molecule has 23 heavy (non-hydrogen) atoms. The van der Waals surface area contributed by atoms with Crippen LogP contribution in [0.3, 0.4) is 0 Å². The molecule has 0 amide bonds. The molecule has 4 aromatic rings. The topological polar surface area (TPSA) is 48.0 Å². The molecule has 0 saturated heterocycles. The summed E-state index contributed by atoms with van der Waals surface area (Å²) in [6.45, 7) is 2.52. The fourth-order valence-electron chi connectivity index (χ4n) is 2.93. The predicted octanol–water partition coefficient (Wildman–Crippen LogP) is 3.75. The van der Waals surface area contributed by atoms with Crippen LogP contribution in [0.5, 0.6) is 0 Å². The van der Waals surface area contributed by atoms with Crippen LogP contribution < -0.4 is 5.56 Å². The van der Waals surface area contributed by atoms with E-state index in [4.69, 9.17) is 4.42 Å². The van der Waals surface area contributed by atoms with E-state index in [1.54, 1.807) is 6.20 Å². The van der Waals surface area contributed by atoms with Crippen molar-refractivity contribution in [2.24, 2.45) is 0 Å². The van der Waals surface area contributed by atoms with Crippen LogP contribution in [0.1, 0.15) is 18.1 Å². The zero-order chi connectivity index (χ0) is 15.8. The lowest BCUT2D eigenvalue weighted by molar-refractivity contribution is 0.607. The quantitative estimate of drug-likeness (QED) is 0.579. The zero-order valence-electron chi connectivity index (χ0n) is 12.8. The Kier molecular flexibility index (Phi) is 3.23. The summed E-state index contributed by atoms with van der Waals surface area (Å²) in [6, 6.07) is 15.8. The maximum Gasteiger partial charge on any atom is 0.310 e. The highest BCUT2D eigenvalue weighted by atomic mass is 16.3. The molecule has 0 saturated carbocycles. The summed E-state index contributed by atoms with van der Waals surface area (Å²) >= 11 is 0. The normalized spacial score (nSPS) is 11.3. The Bertz CT molecular complexity index is 1050. The van der Waals surface area contributed by atoms with Crippen molar-refractivity contribution in [2.75, 3.05) is 0 Å². The van der Waals surface area contributed by atoms with E-state index in [-0.39, 0.29) is 5.56 Å². The first-order valence-corrected chi connectivity index (χ1v) is 7.72. The highest BCUT2D eigenvalue weighted by molar-refractivity contribution is 6.05. The first kappa shape index (κ1) is 13.8. The third kappa shape index (κ3) is 2.23. The van der Waals surface area contributed by atoms with E-state index in [0.29, 0.717) is 12.1 Å². The van der Waals surface area contributed by atoms with Gasteiger partial charge in [-0.3, -0.25) is 4.79 Å². The summed E-state index contributed by atoms with van der Waals surface area (Å²) in [6.07, 6.45) is 2.59. The van der Waals surface area contributed by atoms with Crippen molar-refractivity contribution in [3.05, 3.63) is 76.2 Å². The molecule has 0 unspecified atom stereocenters. The molecule has 0 aliphatic carbocycles. The molecule has 2 aromatic carbocycles. The number of aryl methyl sites for hydroxylation is 1. The molecule has 2 heterocycles. The fraction of sp³-hybridized carbons (Fsp3) is 0.158. The number of nitrogens with zero attached hydrogens (tertiary/aromatic N) is 2. The second kappa shape index (κ2) is 5.39. The Morgan fingerprint density at radius 3 is 2.61 bits per heavy atom. The number of hydrogen-bond acceptors (Lipinski definition) is 3. The van der Waals surface area contributed by atoms with Crippen molar-refractivity contribution in [2.45, 2.75) is 19.9 Å². The van der Waals surface area contributed by atoms with Crippen molar-refractivity contribution in [3.8, 4) is 0 Å². The number of furan rings is 1. The van der Waals surface area contributed by atoms with Gasteiger partial charge in [0.1, 0.15) is 5.58 Å². The van der Waals surface area contributed by atoms with Gasteiger partial charge in [-0.25, -0.2) is 4.68 Å². The lowest BCUT2D eigenvalue weighted by Gasteiger charge is -2.03. The van der Waals surface area contributed by atoms with Gasteiger partial charge >= 0.3 is 5.56 Å². The highest BCUT2D eigenvalue weighted by Crippen LogP contribution is 2.28. The number of rotatable bonds is 3. The second-order valence-electron chi connectivity index (χ2n) is 5.59. The maximum absolute atomic E-state index is 12.7. The Hall–Kier alpha value is -2.88. The summed E-state index contributed by atoms with van der Waals surface area (Å²) in [5.74, 6) is 0. The van der Waals surface area contributed by atoms with Crippen LogP contribution in [0.15, 0.2) is 63.9 Å². The molecule has 2 aromatic heterocycles. The molecule has 0 aliphatic heterocycles. The van der Waals surface area contributed by atoms with E-state index in [1.165, 1.54) is 4.68 Å². The van der Waals surface area contributed by atoms with Crippen LogP contribution in [-0.4, -0.2) is 9.78 Å². The highest BCUT2D eigenvalue weighted by Gasteiger charge is 2.14. The molecule has 0 N–H and O–H groups in total. The number of para-hydroxylation sites is 1. The van der Waals surface area contributed by atoms with E-state index in [2.05, 4.69) is 12.0 Å². The summed E-state index contributed by atoms with van der Waals surface area (Å²) in [4.78, 5) is 12.7. The Labute approximate surface area is 133 Å². The average Bonchev–Trinajstić information content (AvgIpc) is 2.98. The largest absolute Gasteiger partial charge is 0.450 e. The Balaban J connectivity index is 1.91. The molecule has 4 heteroatoms. The third-order valence-corrected chi connectivity index (χ3v) is 4.15.